The molecule has 0 spiro atoms. The Bertz CT molecular complexity index is 921. The van der Waals surface area contributed by atoms with Gasteiger partial charge in [0, 0.05) is 5.69 Å². The second-order valence-corrected chi connectivity index (χ2v) is 7.73. The second-order valence-electron chi connectivity index (χ2n) is 6.81. The van der Waals surface area contributed by atoms with E-state index < -0.39 is 17.8 Å². The average molecular weight is 382 g/mol. The summed E-state index contributed by atoms with van der Waals surface area (Å²) in [5, 5.41) is 17.3. The molecule has 1 heterocycles. The van der Waals surface area contributed by atoms with Crippen LogP contribution in [0.1, 0.15) is 16.8 Å². The maximum absolute atomic E-state index is 12.8. The highest BCUT2D eigenvalue weighted by atomic mass is 32.1. The number of nitrogens with one attached hydrogen (secondary N) is 2. The van der Waals surface area contributed by atoms with Crippen LogP contribution in [0.2, 0.25) is 0 Å². The van der Waals surface area contributed by atoms with Crippen molar-refractivity contribution in [3.05, 3.63) is 59.5 Å². The largest absolute Gasteiger partial charge is 0.481 e. The molecule has 138 valence electrons. The first-order valence-corrected chi connectivity index (χ1v) is 9.58. The number of aliphatic carboxylic acids is 1. The van der Waals surface area contributed by atoms with Crippen LogP contribution in [-0.2, 0) is 9.59 Å². The molecule has 0 radical (unpaired) electrons. The van der Waals surface area contributed by atoms with Gasteiger partial charge >= 0.3 is 5.97 Å². The first-order chi connectivity index (χ1) is 13.0. The number of hydrogen-bond acceptors (Lipinski definition) is 4. The molecule has 1 aromatic carbocycles. The monoisotopic (exact) mass is 382 g/mol. The zero-order chi connectivity index (χ0) is 19.0. The molecule has 1 saturated carbocycles. The molecule has 6 nitrogen and oxygen atoms in total. The number of carbonyl (C=O) groups is 3. The van der Waals surface area contributed by atoms with Crippen LogP contribution < -0.4 is 10.6 Å². The fourth-order valence-electron chi connectivity index (χ4n) is 4.02. The maximum Gasteiger partial charge on any atom is 0.307 e. The van der Waals surface area contributed by atoms with Crippen molar-refractivity contribution in [2.75, 3.05) is 10.6 Å². The Morgan fingerprint density at radius 3 is 2.37 bits per heavy atom. The van der Waals surface area contributed by atoms with Gasteiger partial charge in [0.2, 0.25) is 5.91 Å². The summed E-state index contributed by atoms with van der Waals surface area (Å²) in [5.41, 5.74) is 1.03. The van der Waals surface area contributed by atoms with E-state index in [4.69, 9.17) is 0 Å². The summed E-state index contributed by atoms with van der Waals surface area (Å²) in [6.45, 7) is 0. The summed E-state index contributed by atoms with van der Waals surface area (Å²) in [5.74, 6) is -3.06. The van der Waals surface area contributed by atoms with E-state index in [2.05, 4.69) is 10.6 Å². The van der Waals surface area contributed by atoms with E-state index in [1.807, 2.05) is 30.4 Å². The quantitative estimate of drug-likeness (QED) is 0.690. The predicted molar refractivity (Wildman–Crippen MR) is 103 cm³/mol. The molecule has 2 amide bonds. The van der Waals surface area contributed by atoms with Crippen LogP contribution in [-0.4, -0.2) is 22.9 Å². The molecule has 0 aliphatic heterocycles. The number of thiophene rings is 1. The number of allylic oxidation sites excluding steroid dienone is 2. The van der Waals surface area contributed by atoms with Crippen LogP contribution in [0, 0.1) is 23.7 Å². The summed E-state index contributed by atoms with van der Waals surface area (Å²) in [4.78, 5) is 37.0. The smallest absolute Gasteiger partial charge is 0.307 e. The highest BCUT2D eigenvalue weighted by Crippen LogP contribution is 2.48. The number of amides is 2. The Morgan fingerprint density at radius 1 is 0.963 bits per heavy atom. The lowest BCUT2D eigenvalue weighted by molar-refractivity contribution is -0.146. The van der Waals surface area contributed by atoms with Crippen LogP contribution in [0.3, 0.4) is 0 Å². The van der Waals surface area contributed by atoms with Crippen molar-refractivity contribution in [2.24, 2.45) is 23.7 Å². The molecule has 4 rings (SSSR count). The number of carboxylic acid groups (broad SMARTS) is 1. The van der Waals surface area contributed by atoms with Gasteiger partial charge in [-0.25, -0.2) is 0 Å². The normalized spacial score (nSPS) is 25.3. The molecule has 0 unspecified atom stereocenters. The average Bonchev–Trinajstić information content (AvgIpc) is 3.37. The molecular weight excluding hydrogens is 364 g/mol. The van der Waals surface area contributed by atoms with E-state index in [-0.39, 0.29) is 23.7 Å². The number of hydrogen-bond donors (Lipinski definition) is 3. The van der Waals surface area contributed by atoms with Crippen LogP contribution in [0.4, 0.5) is 10.7 Å². The zero-order valence-corrected chi connectivity index (χ0v) is 15.1. The van der Waals surface area contributed by atoms with Crippen LogP contribution >= 0.6 is 11.3 Å². The van der Waals surface area contributed by atoms with Crippen molar-refractivity contribution in [3.63, 3.8) is 0 Å². The Hall–Kier alpha value is -2.93. The van der Waals surface area contributed by atoms with Crippen LogP contribution in [0.15, 0.2) is 53.9 Å². The van der Waals surface area contributed by atoms with E-state index in [0.29, 0.717) is 22.7 Å². The van der Waals surface area contributed by atoms with Crippen LogP contribution in [0.5, 0.6) is 0 Å². The van der Waals surface area contributed by atoms with Gasteiger partial charge in [-0.2, -0.15) is 0 Å². The standard InChI is InChI=1S/C20H18N2O4S/c23-17(21-13-4-2-1-3-5-13)14-8-9-27-19(14)22-18(24)15-11-6-7-12(10-11)16(15)20(25)26/h1-9,11-12,15-16H,10H2,(H,21,23)(H,22,24)(H,25,26)/t11-,12-,15+,16-/m0/s1. The van der Waals surface area contributed by atoms with Crippen molar-refractivity contribution in [1.29, 1.82) is 0 Å². The third-order valence-corrected chi connectivity index (χ3v) is 6.06. The van der Waals surface area contributed by atoms with Gasteiger partial charge in [0.05, 0.1) is 17.4 Å². The Morgan fingerprint density at radius 2 is 1.67 bits per heavy atom. The van der Waals surface area contributed by atoms with Crippen molar-refractivity contribution < 1.29 is 19.5 Å². The minimum absolute atomic E-state index is 0.0577. The molecule has 3 N–H and O–H groups in total. The first-order valence-electron chi connectivity index (χ1n) is 8.70. The Kier molecular flexibility index (Phi) is 4.53. The number of carboxylic acids is 1. The van der Waals surface area contributed by atoms with Crippen LogP contribution in [0.25, 0.3) is 0 Å². The summed E-state index contributed by atoms with van der Waals surface area (Å²) in [6, 6.07) is 10.7. The number of rotatable bonds is 5. The molecule has 1 fully saturated rings. The minimum Gasteiger partial charge on any atom is -0.481 e. The molecule has 7 heteroatoms. The van der Waals surface area contributed by atoms with E-state index in [1.165, 1.54) is 11.3 Å². The molecule has 2 aromatic rings. The van der Waals surface area contributed by atoms with Gasteiger partial charge in [-0.1, -0.05) is 30.4 Å². The third kappa shape index (κ3) is 3.26. The van der Waals surface area contributed by atoms with E-state index in [9.17, 15) is 19.5 Å². The SMILES string of the molecule is O=C(Nc1ccccc1)c1ccsc1NC(=O)[C@H]1[C@@H](C(=O)O)[C@H]2C=C[C@H]1C2. The number of anilines is 2. The van der Waals surface area contributed by atoms with Crippen molar-refractivity contribution in [2.45, 2.75) is 6.42 Å². The maximum atomic E-state index is 12.8. The summed E-state index contributed by atoms with van der Waals surface area (Å²) < 4.78 is 0. The molecule has 4 atom stereocenters. The number of carbonyl (C=O) groups excluding carboxylic acids is 2. The molecule has 2 aliphatic rings. The number of para-hydroxylation sites is 1. The summed E-state index contributed by atoms with van der Waals surface area (Å²) in [7, 11) is 0. The first kappa shape index (κ1) is 17.5. The van der Waals surface area contributed by atoms with Gasteiger partial charge in [-0.3, -0.25) is 14.4 Å². The number of benzene rings is 1. The lowest BCUT2D eigenvalue weighted by atomic mass is 9.82. The van der Waals surface area contributed by atoms with E-state index in [1.54, 1.807) is 23.6 Å². The van der Waals surface area contributed by atoms with Gasteiger partial charge in [0.1, 0.15) is 5.00 Å². The fourth-order valence-corrected chi connectivity index (χ4v) is 4.80. The summed E-state index contributed by atoms with van der Waals surface area (Å²) in [6.07, 6.45) is 4.53. The van der Waals surface area contributed by atoms with E-state index in [0.717, 1.165) is 0 Å². The second kappa shape index (κ2) is 7.00. The molecular formula is C20H18N2O4S. The topological polar surface area (TPSA) is 95.5 Å². The lowest BCUT2D eigenvalue weighted by Crippen LogP contribution is -2.36. The highest BCUT2D eigenvalue weighted by Gasteiger charge is 2.51. The molecule has 2 bridgehead atoms. The molecule has 1 aromatic heterocycles. The van der Waals surface area contributed by atoms with Gasteiger partial charge < -0.3 is 15.7 Å². The van der Waals surface area contributed by atoms with Crippen molar-refractivity contribution >= 4 is 39.8 Å². The van der Waals surface area contributed by atoms with Crippen molar-refractivity contribution in [1.82, 2.24) is 0 Å². The molecule has 0 saturated heterocycles. The van der Waals surface area contributed by atoms with Gasteiger partial charge in [-0.05, 0) is 41.8 Å². The summed E-state index contributed by atoms with van der Waals surface area (Å²) >= 11 is 1.25. The highest BCUT2D eigenvalue weighted by molar-refractivity contribution is 7.14. The van der Waals surface area contributed by atoms with Crippen molar-refractivity contribution in [3.8, 4) is 0 Å². The predicted octanol–water partition coefficient (Wildman–Crippen LogP) is 3.46. The minimum atomic E-state index is -0.944. The number of fused-ring (bicyclic) bond motifs is 2. The zero-order valence-electron chi connectivity index (χ0n) is 14.3. The van der Waals surface area contributed by atoms with Gasteiger partial charge in [0.25, 0.3) is 5.91 Å². The molecule has 2 aliphatic carbocycles. The third-order valence-electron chi connectivity index (χ3n) is 5.23. The fraction of sp³-hybridized carbons (Fsp3) is 0.250. The molecule has 27 heavy (non-hydrogen) atoms. The van der Waals surface area contributed by atoms with Gasteiger partial charge in [0.15, 0.2) is 0 Å². The Balaban J connectivity index is 1.50. The van der Waals surface area contributed by atoms with Gasteiger partial charge in [-0.15, -0.1) is 11.3 Å². The Labute approximate surface area is 159 Å². The lowest BCUT2D eigenvalue weighted by Gasteiger charge is -2.23. The van der Waals surface area contributed by atoms with E-state index >= 15 is 0 Å².